The Kier molecular flexibility index (Phi) is 13.4. The van der Waals surface area contributed by atoms with Crippen LogP contribution in [-0.4, -0.2) is 63.8 Å². The molecule has 2 N–H and O–H groups in total. The van der Waals surface area contributed by atoms with E-state index in [0.717, 1.165) is 6.42 Å². The Bertz CT molecular complexity index is 700. The van der Waals surface area contributed by atoms with Crippen LogP contribution in [0, 0.1) is 5.82 Å². The van der Waals surface area contributed by atoms with Gasteiger partial charge in [-0.05, 0) is 18.6 Å². The minimum atomic E-state index is -3.28. The van der Waals surface area contributed by atoms with Gasteiger partial charge in [0.05, 0.1) is 12.3 Å². The van der Waals surface area contributed by atoms with Crippen LogP contribution >= 0.6 is 24.0 Å². The molecule has 28 heavy (non-hydrogen) atoms. The fourth-order valence-corrected chi connectivity index (χ4v) is 3.88. The van der Waals surface area contributed by atoms with Crippen LogP contribution in [0.4, 0.5) is 4.39 Å². The number of halogens is 2. The van der Waals surface area contributed by atoms with Crippen molar-refractivity contribution in [2.45, 2.75) is 33.3 Å². The lowest BCUT2D eigenvalue weighted by Crippen LogP contribution is -2.45. The van der Waals surface area contributed by atoms with Gasteiger partial charge in [-0.1, -0.05) is 26.8 Å². The van der Waals surface area contributed by atoms with Crippen molar-refractivity contribution in [2.75, 3.05) is 39.0 Å². The molecule has 0 aliphatic carbocycles. The van der Waals surface area contributed by atoms with Crippen molar-refractivity contribution in [1.29, 1.82) is 0 Å². The third-order valence-corrected chi connectivity index (χ3v) is 6.05. The fourth-order valence-electron chi connectivity index (χ4n) is 2.48. The highest BCUT2D eigenvalue weighted by molar-refractivity contribution is 14.0. The van der Waals surface area contributed by atoms with E-state index >= 15 is 0 Å². The van der Waals surface area contributed by atoms with E-state index < -0.39 is 10.0 Å². The molecule has 10 heteroatoms. The summed E-state index contributed by atoms with van der Waals surface area (Å²) in [4.78, 5) is 4.09. The number of nitrogens with zero attached hydrogens (tertiary/aromatic N) is 2. The highest BCUT2D eigenvalue weighted by atomic mass is 127. The number of sulfonamides is 1. The second-order valence-electron chi connectivity index (χ2n) is 5.89. The van der Waals surface area contributed by atoms with Crippen LogP contribution < -0.4 is 15.4 Å². The van der Waals surface area contributed by atoms with Gasteiger partial charge in [0.15, 0.2) is 5.96 Å². The van der Waals surface area contributed by atoms with Crippen LogP contribution in [0.5, 0.6) is 5.75 Å². The molecular formula is C18H32FIN4O3S. The summed E-state index contributed by atoms with van der Waals surface area (Å²) in [6, 6.07) is 6.01. The summed E-state index contributed by atoms with van der Waals surface area (Å²) in [6.45, 7) is 7.23. The van der Waals surface area contributed by atoms with Crippen molar-refractivity contribution in [3.05, 3.63) is 30.1 Å². The minimum Gasteiger partial charge on any atom is -0.489 e. The monoisotopic (exact) mass is 530 g/mol. The lowest BCUT2D eigenvalue weighted by molar-refractivity contribution is 0.199. The molecule has 1 unspecified atom stereocenters. The van der Waals surface area contributed by atoms with Crippen molar-refractivity contribution in [3.8, 4) is 5.75 Å². The smallest absolute Gasteiger partial charge is 0.215 e. The van der Waals surface area contributed by atoms with Gasteiger partial charge in [0, 0.05) is 32.7 Å². The van der Waals surface area contributed by atoms with Crippen LogP contribution in [0.2, 0.25) is 0 Å². The second-order valence-corrected chi connectivity index (χ2v) is 7.97. The Hall–Kier alpha value is -1.14. The quantitative estimate of drug-likeness (QED) is 0.261. The average Bonchev–Trinajstić information content (AvgIpc) is 2.64. The normalized spacial score (nSPS) is 13.0. The Balaban J connectivity index is 0.00000729. The number of hydrogen-bond donors (Lipinski definition) is 2. The molecule has 1 rings (SSSR count). The maximum absolute atomic E-state index is 13.3. The SMILES string of the molecule is CCC(CNC(=NC)NCCS(=O)(=O)N(CC)CC)Oc1cccc(F)c1.I. The van der Waals surface area contributed by atoms with E-state index in [4.69, 9.17) is 4.74 Å². The van der Waals surface area contributed by atoms with Gasteiger partial charge in [-0.3, -0.25) is 4.99 Å². The topological polar surface area (TPSA) is 83.0 Å². The zero-order valence-corrected chi connectivity index (χ0v) is 20.1. The molecule has 0 amide bonds. The molecule has 0 saturated carbocycles. The van der Waals surface area contributed by atoms with Crippen molar-refractivity contribution in [2.24, 2.45) is 4.99 Å². The molecule has 0 saturated heterocycles. The van der Waals surface area contributed by atoms with Gasteiger partial charge in [0.1, 0.15) is 17.7 Å². The average molecular weight is 530 g/mol. The molecule has 0 radical (unpaired) electrons. The molecule has 162 valence electrons. The summed E-state index contributed by atoms with van der Waals surface area (Å²) in [5, 5.41) is 6.11. The van der Waals surface area contributed by atoms with Crippen molar-refractivity contribution < 1.29 is 17.5 Å². The maximum Gasteiger partial charge on any atom is 0.215 e. The van der Waals surface area contributed by atoms with Crippen molar-refractivity contribution in [1.82, 2.24) is 14.9 Å². The van der Waals surface area contributed by atoms with Gasteiger partial charge in [-0.15, -0.1) is 24.0 Å². The summed E-state index contributed by atoms with van der Waals surface area (Å²) in [6.07, 6.45) is 0.543. The molecule has 0 aliphatic rings. The van der Waals surface area contributed by atoms with Gasteiger partial charge < -0.3 is 15.4 Å². The first-order chi connectivity index (χ1) is 12.9. The van der Waals surface area contributed by atoms with Gasteiger partial charge in [-0.2, -0.15) is 0 Å². The third-order valence-electron chi connectivity index (χ3n) is 4.03. The van der Waals surface area contributed by atoms with Crippen LogP contribution in [0.1, 0.15) is 27.2 Å². The third kappa shape index (κ3) is 9.37. The van der Waals surface area contributed by atoms with E-state index in [1.54, 1.807) is 19.2 Å². The first-order valence-electron chi connectivity index (χ1n) is 9.20. The van der Waals surface area contributed by atoms with E-state index in [1.165, 1.54) is 16.4 Å². The van der Waals surface area contributed by atoms with Crippen LogP contribution in [0.25, 0.3) is 0 Å². The second kappa shape index (κ2) is 13.9. The number of aliphatic imine (C=N–C) groups is 1. The molecule has 0 aliphatic heterocycles. The van der Waals surface area contributed by atoms with Gasteiger partial charge in [-0.25, -0.2) is 17.1 Å². The molecule has 1 aromatic carbocycles. The first kappa shape index (κ1) is 26.9. The molecule has 0 aromatic heterocycles. The lowest BCUT2D eigenvalue weighted by atomic mass is 10.2. The Labute approximate surface area is 185 Å². The predicted octanol–water partition coefficient (Wildman–Crippen LogP) is 2.44. The zero-order chi connectivity index (χ0) is 20.3. The highest BCUT2D eigenvalue weighted by Gasteiger charge is 2.18. The minimum absolute atomic E-state index is 0. The first-order valence-corrected chi connectivity index (χ1v) is 10.8. The Morgan fingerprint density at radius 3 is 2.46 bits per heavy atom. The molecule has 1 atom stereocenters. The van der Waals surface area contributed by atoms with E-state index in [1.807, 2.05) is 20.8 Å². The van der Waals surface area contributed by atoms with Crippen molar-refractivity contribution >= 4 is 40.0 Å². The molecule has 1 aromatic rings. The lowest BCUT2D eigenvalue weighted by Gasteiger charge is -2.21. The Morgan fingerprint density at radius 2 is 1.93 bits per heavy atom. The van der Waals surface area contributed by atoms with Crippen LogP contribution in [0.15, 0.2) is 29.3 Å². The van der Waals surface area contributed by atoms with E-state index in [0.29, 0.717) is 31.3 Å². The largest absolute Gasteiger partial charge is 0.489 e. The summed E-state index contributed by atoms with van der Waals surface area (Å²) >= 11 is 0. The van der Waals surface area contributed by atoms with Gasteiger partial charge >= 0.3 is 0 Å². The summed E-state index contributed by atoms with van der Waals surface area (Å²) in [5.41, 5.74) is 0. The standard InChI is InChI=1S/C18H31FN4O3S.HI/c1-5-16(26-17-10-8-9-15(19)13-17)14-22-18(20-4)21-11-12-27(24,25)23(6-2)7-3;/h8-10,13,16H,5-7,11-12,14H2,1-4H3,(H2,20,21,22);1H. The summed E-state index contributed by atoms with van der Waals surface area (Å²) in [7, 11) is -1.67. The van der Waals surface area contributed by atoms with E-state index in [-0.39, 0.29) is 48.2 Å². The molecular weight excluding hydrogens is 498 g/mol. The van der Waals surface area contributed by atoms with Gasteiger partial charge in [0.2, 0.25) is 10.0 Å². The summed E-state index contributed by atoms with van der Waals surface area (Å²) < 4.78 is 44.8. The Morgan fingerprint density at radius 1 is 1.25 bits per heavy atom. The van der Waals surface area contributed by atoms with Crippen LogP contribution in [-0.2, 0) is 10.0 Å². The number of rotatable bonds is 11. The number of hydrogen-bond acceptors (Lipinski definition) is 4. The number of nitrogens with one attached hydrogen (secondary N) is 2. The molecule has 0 spiro atoms. The number of ether oxygens (including phenoxy) is 1. The number of guanidine groups is 1. The summed E-state index contributed by atoms with van der Waals surface area (Å²) in [5.74, 6) is 0.608. The van der Waals surface area contributed by atoms with Gasteiger partial charge in [0.25, 0.3) is 0 Å². The maximum atomic E-state index is 13.3. The van der Waals surface area contributed by atoms with E-state index in [9.17, 15) is 12.8 Å². The molecule has 0 heterocycles. The highest BCUT2D eigenvalue weighted by Crippen LogP contribution is 2.14. The predicted molar refractivity (Wildman–Crippen MR) is 123 cm³/mol. The molecule has 0 fully saturated rings. The number of benzene rings is 1. The molecule has 0 bridgehead atoms. The van der Waals surface area contributed by atoms with Crippen LogP contribution in [0.3, 0.4) is 0 Å². The molecule has 7 nitrogen and oxygen atoms in total. The van der Waals surface area contributed by atoms with Crippen molar-refractivity contribution in [3.63, 3.8) is 0 Å². The fraction of sp³-hybridized carbons (Fsp3) is 0.611. The van der Waals surface area contributed by atoms with E-state index in [2.05, 4.69) is 15.6 Å². The zero-order valence-electron chi connectivity index (χ0n) is 16.9.